The van der Waals surface area contributed by atoms with Crippen LogP contribution in [-0.4, -0.2) is 48.6 Å². The van der Waals surface area contributed by atoms with E-state index < -0.39 is 0 Å². The molecule has 1 aliphatic heterocycles. The minimum atomic E-state index is 0. The largest absolute Gasteiger partial charge is 0.304 e. The molecular formula is C17H35ClN2. The Balaban J connectivity index is 0.00000200. The normalized spacial score (nSPS) is 28.2. The average Bonchev–Trinajstić information content (AvgIpc) is 2.87. The summed E-state index contributed by atoms with van der Waals surface area (Å²) in [6.07, 6.45) is 8.75. The molecule has 2 aliphatic rings. The highest BCUT2D eigenvalue weighted by Gasteiger charge is 2.35. The fraction of sp³-hybridized carbons (Fsp3) is 1.00. The summed E-state index contributed by atoms with van der Waals surface area (Å²) in [6, 6.07) is 0.807. The molecule has 0 aromatic carbocycles. The second-order valence-corrected chi connectivity index (χ2v) is 6.78. The molecule has 0 N–H and O–H groups in total. The molecule has 0 radical (unpaired) electrons. The molecule has 3 heteroatoms. The summed E-state index contributed by atoms with van der Waals surface area (Å²) in [6.45, 7) is 13.5. The standard InChI is InChI=1S/C17H34N2.ClH/c1-4-18(5-2)12-8-9-15(3)19-13-16-10-6-7-11-17(16)14-19;/h15-17H,4-14H2,1-3H3;1H. The Morgan fingerprint density at radius 3 is 2.10 bits per heavy atom. The molecule has 0 spiro atoms. The van der Waals surface area contributed by atoms with Gasteiger partial charge >= 0.3 is 0 Å². The summed E-state index contributed by atoms with van der Waals surface area (Å²) in [4.78, 5) is 5.35. The van der Waals surface area contributed by atoms with Crippen LogP contribution in [0.2, 0.25) is 0 Å². The van der Waals surface area contributed by atoms with Crippen molar-refractivity contribution in [2.24, 2.45) is 11.8 Å². The van der Waals surface area contributed by atoms with Crippen LogP contribution in [0.25, 0.3) is 0 Å². The lowest BCUT2D eigenvalue weighted by molar-refractivity contribution is 0.217. The topological polar surface area (TPSA) is 6.48 Å². The molecule has 3 unspecified atom stereocenters. The first kappa shape index (κ1) is 18.3. The highest BCUT2D eigenvalue weighted by molar-refractivity contribution is 5.85. The van der Waals surface area contributed by atoms with Gasteiger partial charge in [-0.3, -0.25) is 0 Å². The number of fused-ring (bicyclic) bond motifs is 1. The smallest absolute Gasteiger partial charge is 0.00676 e. The van der Waals surface area contributed by atoms with Crippen molar-refractivity contribution >= 4 is 12.4 Å². The first-order chi connectivity index (χ1) is 9.24. The van der Waals surface area contributed by atoms with Gasteiger partial charge in [0.25, 0.3) is 0 Å². The molecule has 120 valence electrons. The predicted octanol–water partition coefficient (Wildman–Crippen LogP) is 4.04. The Kier molecular flexibility index (Phi) is 8.47. The zero-order valence-electron chi connectivity index (χ0n) is 13.8. The van der Waals surface area contributed by atoms with Gasteiger partial charge in [0.15, 0.2) is 0 Å². The molecule has 0 amide bonds. The third kappa shape index (κ3) is 4.89. The zero-order valence-corrected chi connectivity index (χ0v) is 14.6. The van der Waals surface area contributed by atoms with Crippen LogP contribution in [0.4, 0.5) is 0 Å². The van der Waals surface area contributed by atoms with Gasteiger partial charge in [0.2, 0.25) is 0 Å². The van der Waals surface area contributed by atoms with Gasteiger partial charge in [0.05, 0.1) is 0 Å². The maximum absolute atomic E-state index is 2.79. The van der Waals surface area contributed by atoms with E-state index in [-0.39, 0.29) is 12.4 Å². The molecule has 1 heterocycles. The van der Waals surface area contributed by atoms with E-state index in [0.29, 0.717) is 0 Å². The fourth-order valence-corrected chi connectivity index (χ4v) is 4.13. The van der Waals surface area contributed by atoms with E-state index in [0.717, 1.165) is 17.9 Å². The molecule has 0 aromatic rings. The first-order valence-electron chi connectivity index (χ1n) is 8.71. The Morgan fingerprint density at radius 2 is 1.60 bits per heavy atom. The van der Waals surface area contributed by atoms with E-state index in [1.807, 2.05) is 0 Å². The fourth-order valence-electron chi connectivity index (χ4n) is 4.13. The van der Waals surface area contributed by atoms with Gasteiger partial charge in [-0.15, -0.1) is 12.4 Å². The Bertz CT molecular complexity index is 241. The predicted molar refractivity (Wildman–Crippen MR) is 90.8 cm³/mol. The molecule has 2 fully saturated rings. The van der Waals surface area contributed by atoms with Crippen LogP contribution in [0.5, 0.6) is 0 Å². The molecule has 2 rings (SSSR count). The lowest BCUT2D eigenvalue weighted by Gasteiger charge is -2.26. The maximum atomic E-state index is 2.79. The van der Waals surface area contributed by atoms with E-state index in [9.17, 15) is 0 Å². The highest BCUT2D eigenvalue weighted by Crippen LogP contribution is 2.37. The van der Waals surface area contributed by atoms with Crippen molar-refractivity contribution in [2.45, 2.75) is 65.3 Å². The van der Waals surface area contributed by atoms with Gasteiger partial charge in [-0.1, -0.05) is 26.7 Å². The van der Waals surface area contributed by atoms with Crippen molar-refractivity contribution < 1.29 is 0 Å². The summed E-state index contributed by atoms with van der Waals surface area (Å²) in [5.41, 5.74) is 0. The van der Waals surface area contributed by atoms with Crippen LogP contribution in [0.3, 0.4) is 0 Å². The highest BCUT2D eigenvalue weighted by atomic mass is 35.5. The van der Waals surface area contributed by atoms with Crippen molar-refractivity contribution in [3.05, 3.63) is 0 Å². The van der Waals surface area contributed by atoms with Crippen LogP contribution < -0.4 is 0 Å². The molecule has 3 atom stereocenters. The van der Waals surface area contributed by atoms with Gasteiger partial charge in [0, 0.05) is 19.1 Å². The molecule has 0 aromatic heterocycles. The van der Waals surface area contributed by atoms with Gasteiger partial charge in [0.1, 0.15) is 0 Å². The number of halogens is 1. The number of likely N-dealkylation sites (tertiary alicyclic amines) is 1. The number of rotatable bonds is 7. The third-order valence-electron chi connectivity index (χ3n) is 5.62. The summed E-state index contributed by atoms with van der Waals surface area (Å²) in [5.74, 6) is 2.08. The van der Waals surface area contributed by atoms with Crippen molar-refractivity contribution in [3.8, 4) is 0 Å². The van der Waals surface area contributed by atoms with Crippen LogP contribution in [0.15, 0.2) is 0 Å². The van der Waals surface area contributed by atoms with Crippen LogP contribution >= 0.6 is 12.4 Å². The zero-order chi connectivity index (χ0) is 13.7. The number of hydrogen-bond acceptors (Lipinski definition) is 2. The Hall–Kier alpha value is 0.210. The van der Waals surface area contributed by atoms with E-state index in [2.05, 4.69) is 30.6 Å². The minimum absolute atomic E-state index is 0. The van der Waals surface area contributed by atoms with Gasteiger partial charge in [-0.2, -0.15) is 0 Å². The maximum Gasteiger partial charge on any atom is 0.00676 e. The minimum Gasteiger partial charge on any atom is -0.304 e. The molecule has 1 aliphatic carbocycles. The van der Waals surface area contributed by atoms with Crippen molar-refractivity contribution in [1.29, 1.82) is 0 Å². The molecule has 2 nitrogen and oxygen atoms in total. The summed E-state index contributed by atoms with van der Waals surface area (Å²) < 4.78 is 0. The molecular weight excluding hydrogens is 268 g/mol. The van der Waals surface area contributed by atoms with E-state index in [1.54, 1.807) is 0 Å². The van der Waals surface area contributed by atoms with E-state index in [1.165, 1.54) is 71.2 Å². The van der Waals surface area contributed by atoms with E-state index >= 15 is 0 Å². The van der Waals surface area contributed by atoms with Crippen molar-refractivity contribution in [2.75, 3.05) is 32.7 Å². The molecule has 20 heavy (non-hydrogen) atoms. The molecule has 1 saturated heterocycles. The average molecular weight is 303 g/mol. The molecule has 1 saturated carbocycles. The summed E-state index contributed by atoms with van der Waals surface area (Å²) in [7, 11) is 0. The van der Waals surface area contributed by atoms with Crippen LogP contribution in [0.1, 0.15) is 59.3 Å². The van der Waals surface area contributed by atoms with Crippen molar-refractivity contribution in [1.82, 2.24) is 9.80 Å². The van der Waals surface area contributed by atoms with Crippen molar-refractivity contribution in [3.63, 3.8) is 0 Å². The third-order valence-corrected chi connectivity index (χ3v) is 5.62. The number of hydrogen-bond donors (Lipinski definition) is 0. The molecule has 0 bridgehead atoms. The van der Waals surface area contributed by atoms with Crippen LogP contribution in [-0.2, 0) is 0 Å². The van der Waals surface area contributed by atoms with Gasteiger partial charge in [-0.25, -0.2) is 0 Å². The quantitative estimate of drug-likeness (QED) is 0.700. The number of nitrogens with zero attached hydrogens (tertiary/aromatic N) is 2. The van der Waals surface area contributed by atoms with Gasteiger partial charge in [-0.05, 0) is 64.1 Å². The van der Waals surface area contributed by atoms with Gasteiger partial charge < -0.3 is 9.80 Å². The lowest BCUT2D eigenvalue weighted by atomic mass is 9.82. The second-order valence-electron chi connectivity index (χ2n) is 6.78. The Labute approximate surface area is 132 Å². The second kappa shape index (κ2) is 9.27. The summed E-state index contributed by atoms with van der Waals surface area (Å²) in [5, 5.41) is 0. The lowest BCUT2D eigenvalue weighted by Crippen LogP contribution is -2.32. The van der Waals surface area contributed by atoms with Crippen LogP contribution in [0, 0.1) is 11.8 Å². The first-order valence-corrected chi connectivity index (χ1v) is 8.71. The summed E-state index contributed by atoms with van der Waals surface area (Å²) >= 11 is 0. The van der Waals surface area contributed by atoms with E-state index in [4.69, 9.17) is 0 Å². The SMILES string of the molecule is CCN(CC)CCCC(C)N1CC2CCCCC2C1.Cl. The monoisotopic (exact) mass is 302 g/mol. The Morgan fingerprint density at radius 1 is 1.05 bits per heavy atom.